The molecule has 0 spiro atoms. The molecule has 96 valence electrons. The van der Waals surface area contributed by atoms with E-state index in [0.29, 0.717) is 12.0 Å². The number of aliphatic hydroxyl groups is 1. The Morgan fingerprint density at radius 1 is 1.47 bits per heavy atom. The normalized spacial score (nSPS) is 19.8. The van der Waals surface area contributed by atoms with Crippen LogP contribution >= 0.6 is 0 Å². The van der Waals surface area contributed by atoms with Gasteiger partial charge in [0.15, 0.2) is 0 Å². The third-order valence-electron chi connectivity index (χ3n) is 3.49. The second-order valence-corrected chi connectivity index (χ2v) is 5.13. The molecule has 1 aliphatic heterocycles. The van der Waals surface area contributed by atoms with Crippen LogP contribution < -0.4 is 0 Å². The predicted molar refractivity (Wildman–Crippen MR) is 65.7 cm³/mol. The first-order valence-electron chi connectivity index (χ1n) is 6.46. The lowest BCUT2D eigenvalue weighted by Crippen LogP contribution is -2.19. The summed E-state index contributed by atoms with van der Waals surface area (Å²) in [7, 11) is 0. The van der Waals surface area contributed by atoms with Crippen LogP contribution in [-0.2, 0) is 4.74 Å². The second-order valence-electron chi connectivity index (χ2n) is 5.13. The monoisotopic (exact) mass is 238 g/mol. The van der Waals surface area contributed by atoms with Crippen LogP contribution in [0.4, 0.5) is 0 Å². The zero-order valence-electron chi connectivity index (χ0n) is 10.7. The lowest BCUT2D eigenvalue weighted by Gasteiger charge is -2.25. The Hall–Kier alpha value is -0.870. The molecule has 1 aliphatic rings. The van der Waals surface area contributed by atoms with E-state index in [1.807, 2.05) is 4.57 Å². The molecule has 1 atom stereocenters. The fraction of sp³-hybridized carbons (Fsp3) is 0.769. The Morgan fingerprint density at radius 2 is 2.18 bits per heavy atom. The fourth-order valence-corrected chi connectivity index (χ4v) is 2.42. The molecule has 0 aromatic carbocycles. The molecule has 4 nitrogen and oxygen atoms in total. The summed E-state index contributed by atoms with van der Waals surface area (Å²) in [5.74, 6) is 0.578. The highest BCUT2D eigenvalue weighted by atomic mass is 16.5. The zero-order valence-corrected chi connectivity index (χ0v) is 10.7. The molecule has 1 N–H and O–H groups in total. The van der Waals surface area contributed by atoms with Crippen molar-refractivity contribution < 1.29 is 9.84 Å². The lowest BCUT2D eigenvalue weighted by atomic mass is 9.92. The number of hydrogen-bond acceptors (Lipinski definition) is 3. The quantitative estimate of drug-likeness (QED) is 0.875. The van der Waals surface area contributed by atoms with E-state index < -0.39 is 6.10 Å². The Bertz CT molecular complexity index is 343. The standard InChI is InChI=1S/C13H22N2O2/c1-10(2)15-9-14-8-12(15)13(16)7-11-3-5-17-6-4-11/h8-11,13,16H,3-7H2,1-2H3. The van der Waals surface area contributed by atoms with Crippen molar-refractivity contribution in [2.75, 3.05) is 13.2 Å². The maximum Gasteiger partial charge on any atom is 0.0958 e. The summed E-state index contributed by atoms with van der Waals surface area (Å²) in [4.78, 5) is 4.14. The number of aromatic nitrogens is 2. The molecular formula is C13H22N2O2. The van der Waals surface area contributed by atoms with Crippen molar-refractivity contribution in [1.29, 1.82) is 0 Å². The average molecular weight is 238 g/mol. The van der Waals surface area contributed by atoms with Gasteiger partial charge in [-0.3, -0.25) is 0 Å². The topological polar surface area (TPSA) is 47.3 Å². The molecule has 1 aromatic rings. The number of aliphatic hydroxyl groups excluding tert-OH is 1. The molecule has 2 heterocycles. The van der Waals surface area contributed by atoms with Crippen LogP contribution in [0.3, 0.4) is 0 Å². The molecule has 1 unspecified atom stereocenters. The van der Waals surface area contributed by atoms with Gasteiger partial charge in [0.2, 0.25) is 0 Å². The van der Waals surface area contributed by atoms with Gasteiger partial charge in [-0.15, -0.1) is 0 Å². The first-order chi connectivity index (χ1) is 8.18. The molecule has 0 saturated carbocycles. The van der Waals surface area contributed by atoms with Crippen LogP contribution in [-0.4, -0.2) is 27.9 Å². The van der Waals surface area contributed by atoms with E-state index >= 15 is 0 Å². The first kappa shape index (κ1) is 12.6. The van der Waals surface area contributed by atoms with E-state index in [9.17, 15) is 5.11 Å². The summed E-state index contributed by atoms with van der Waals surface area (Å²) >= 11 is 0. The fourth-order valence-electron chi connectivity index (χ4n) is 2.42. The van der Waals surface area contributed by atoms with Crippen molar-refractivity contribution >= 4 is 0 Å². The van der Waals surface area contributed by atoms with Gasteiger partial charge in [0.25, 0.3) is 0 Å². The van der Waals surface area contributed by atoms with Crippen LogP contribution in [0.2, 0.25) is 0 Å². The Kier molecular flexibility index (Phi) is 4.18. The van der Waals surface area contributed by atoms with E-state index in [1.165, 1.54) is 0 Å². The largest absolute Gasteiger partial charge is 0.387 e. The van der Waals surface area contributed by atoms with Gasteiger partial charge in [-0.1, -0.05) is 0 Å². The lowest BCUT2D eigenvalue weighted by molar-refractivity contribution is 0.0417. The average Bonchev–Trinajstić information content (AvgIpc) is 2.79. The van der Waals surface area contributed by atoms with Crippen LogP contribution in [0.5, 0.6) is 0 Å². The predicted octanol–water partition coefficient (Wildman–Crippen LogP) is 2.31. The molecule has 0 aliphatic carbocycles. The van der Waals surface area contributed by atoms with Crippen LogP contribution in [0.15, 0.2) is 12.5 Å². The van der Waals surface area contributed by atoms with E-state index in [4.69, 9.17) is 4.74 Å². The van der Waals surface area contributed by atoms with Gasteiger partial charge in [0.1, 0.15) is 0 Å². The van der Waals surface area contributed by atoms with Gasteiger partial charge in [-0.2, -0.15) is 0 Å². The summed E-state index contributed by atoms with van der Waals surface area (Å²) < 4.78 is 7.38. The van der Waals surface area contributed by atoms with Gasteiger partial charge in [-0.05, 0) is 39.0 Å². The molecular weight excluding hydrogens is 216 g/mol. The molecule has 0 radical (unpaired) electrons. The number of ether oxygens (including phenoxy) is 1. The molecule has 1 aromatic heterocycles. The van der Waals surface area contributed by atoms with Crippen LogP contribution in [0, 0.1) is 5.92 Å². The van der Waals surface area contributed by atoms with E-state index in [-0.39, 0.29) is 0 Å². The number of imidazole rings is 1. The molecule has 1 fully saturated rings. The summed E-state index contributed by atoms with van der Waals surface area (Å²) in [5.41, 5.74) is 0.937. The summed E-state index contributed by atoms with van der Waals surface area (Å²) in [5, 5.41) is 10.3. The van der Waals surface area contributed by atoms with E-state index in [0.717, 1.165) is 38.2 Å². The molecule has 0 amide bonds. The van der Waals surface area contributed by atoms with Gasteiger partial charge in [-0.25, -0.2) is 4.98 Å². The highest BCUT2D eigenvalue weighted by Gasteiger charge is 2.21. The van der Waals surface area contributed by atoms with E-state index in [1.54, 1.807) is 12.5 Å². The first-order valence-corrected chi connectivity index (χ1v) is 6.46. The smallest absolute Gasteiger partial charge is 0.0958 e. The Balaban J connectivity index is 1.98. The molecule has 17 heavy (non-hydrogen) atoms. The minimum Gasteiger partial charge on any atom is -0.387 e. The van der Waals surface area contributed by atoms with Crippen molar-refractivity contribution in [2.45, 2.75) is 45.3 Å². The van der Waals surface area contributed by atoms with Crippen molar-refractivity contribution in [3.05, 3.63) is 18.2 Å². The number of rotatable bonds is 4. The van der Waals surface area contributed by atoms with Crippen molar-refractivity contribution in [3.63, 3.8) is 0 Å². The number of hydrogen-bond donors (Lipinski definition) is 1. The molecule has 2 rings (SSSR count). The SMILES string of the molecule is CC(C)n1cncc1C(O)CC1CCOCC1. The number of nitrogens with zero attached hydrogens (tertiary/aromatic N) is 2. The van der Waals surface area contributed by atoms with Crippen LogP contribution in [0.25, 0.3) is 0 Å². The summed E-state index contributed by atoms with van der Waals surface area (Å²) in [6.07, 6.45) is 6.13. The van der Waals surface area contributed by atoms with Gasteiger partial charge < -0.3 is 14.4 Å². The molecule has 4 heteroatoms. The zero-order chi connectivity index (χ0) is 12.3. The summed E-state index contributed by atoms with van der Waals surface area (Å²) in [6, 6.07) is 0.344. The maximum atomic E-state index is 10.3. The second kappa shape index (κ2) is 5.65. The minimum absolute atomic E-state index is 0.344. The van der Waals surface area contributed by atoms with Crippen LogP contribution in [0.1, 0.15) is 50.9 Å². The molecule has 1 saturated heterocycles. The van der Waals surface area contributed by atoms with Crippen molar-refractivity contribution in [3.8, 4) is 0 Å². The maximum absolute atomic E-state index is 10.3. The highest BCUT2D eigenvalue weighted by molar-refractivity contribution is 5.04. The van der Waals surface area contributed by atoms with E-state index in [2.05, 4.69) is 18.8 Å². The van der Waals surface area contributed by atoms with Gasteiger partial charge >= 0.3 is 0 Å². The third kappa shape index (κ3) is 3.07. The summed E-state index contributed by atoms with van der Waals surface area (Å²) in [6.45, 7) is 5.88. The minimum atomic E-state index is -0.400. The molecule has 0 bridgehead atoms. The Labute approximate surface area is 103 Å². The van der Waals surface area contributed by atoms with Gasteiger partial charge in [0.05, 0.1) is 24.3 Å². The Morgan fingerprint density at radius 3 is 2.82 bits per heavy atom. The van der Waals surface area contributed by atoms with Crippen molar-refractivity contribution in [2.24, 2.45) is 5.92 Å². The highest BCUT2D eigenvalue weighted by Crippen LogP contribution is 2.28. The third-order valence-corrected chi connectivity index (χ3v) is 3.49. The van der Waals surface area contributed by atoms with Crippen molar-refractivity contribution in [1.82, 2.24) is 9.55 Å². The van der Waals surface area contributed by atoms with Gasteiger partial charge in [0, 0.05) is 19.3 Å².